The van der Waals surface area contributed by atoms with Crippen molar-refractivity contribution in [3.8, 4) is 0 Å². The number of hydrogen-bond acceptors (Lipinski definition) is 6. The lowest BCUT2D eigenvalue weighted by atomic mass is 9.98. The SMILES string of the molecule is CC1(C)O[C@H]2O[C@@H](C(=O)Nc3ccc(F)cc3F)[C@@H]3OC(C)(C)O[C@@H]3[C@@H]2O1. The van der Waals surface area contributed by atoms with Gasteiger partial charge in [0.15, 0.2) is 24.0 Å². The number of halogens is 2. The Labute approximate surface area is 154 Å². The van der Waals surface area contributed by atoms with Crippen LogP contribution in [0, 0.1) is 11.6 Å². The Hall–Kier alpha value is -1.65. The lowest BCUT2D eigenvalue weighted by molar-refractivity contribution is -0.229. The van der Waals surface area contributed by atoms with E-state index in [1.165, 1.54) is 0 Å². The Balaban J connectivity index is 1.59. The number of rotatable bonds is 2. The second kappa shape index (κ2) is 6.18. The zero-order chi connectivity index (χ0) is 19.6. The summed E-state index contributed by atoms with van der Waals surface area (Å²) in [7, 11) is 0. The van der Waals surface area contributed by atoms with Crippen molar-refractivity contribution in [3.63, 3.8) is 0 Å². The first-order valence-corrected chi connectivity index (χ1v) is 8.67. The van der Waals surface area contributed by atoms with Gasteiger partial charge in [-0.15, -0.1) is 0 Å². The molecule has 0 aromatic heterocycles. The Morgan fingerprint density at radius 1 is 0.963 bits per heavy atom. The number of fused-ring (bicyclic) bond motifs is 3. The Morgan fingerprint density at radius 2 is 1.59 bits per heavy atom. The van der Waals surface area contributed by atoms with E-state index in [1.807, 2.05) is 0 Å². The maximum absolute atomic E-state index is 13.9. The third-order valence-corrected chi connectivity index (χ3v) is 4.60. The van der Waals surface area contributed by atoms with E-state index in [9.17, 15) is 13.6 Å². The molecule has 1 amide bonds. The highest BCUT2D eigenvalue weighted by molar-refractivity contribution is 5.95. The smallest absolute Gasteiger partial charge is 0.256 e. The van der Waals surface area contributed by atoms with Crippen LogP contribution in [0.2, 0.25) is 0 Å². The molecule has 0 bridgehead atoms. The topological polar surface area (TPSA) is 75.3 Å². The first-order chi connectivity index (χ1) is 12.5. The summed E-state index contributed by atoms with van der Waals surface area (Å²) in [6, 6.07) is 2.87. The third-order valence-electron chi connectivity index (χ3n) is 4.60. The molecule has 0 spiro atoms. The Bertz CT molecular complexity index is 770. The van der Waals surface area contributed by atoms with Crippen molar-refractivity contribution in [1.82, 2.24) is 0 Å². The summed E-state index contributed by atoms with van der Waals surface area (Å²) >= 11 is 0. The second-order valence-corrected chi connectivity index (χ2v) is 7.70. The molecule has 148 valence electrons. The summed E-state index contributed by atoms with van der Waals surface area (Å²) in [4.78, 5) is 12.8. The molecule has 1 aromatic carbocycles. The first kappa shape index (κ1) is 18.7. The normalized spacial score (nSPS) is 36.1. The zero-order valence-corrected chi connectivity index (χ0v) is 15.3. The van der Waals surface area contributed by atoms with E-state index in [1.54, 1.807) is 27.7 Å². The number of hydrogen-bond donors (Lipinski definition) is 1. The maximum Gasteiger partial charge on any atom is 0.256 e. The predicted molar refractivity (Wildman–Crippen MR) is 87.5 cm³/mol. The number of anilines is 1. The van der Waals surface area contributed by atoms with Crippen LogP contribution in [0.25, 0.3) is 0 Å². The molecule has 0 aliphatic carbocycles. The molecular weight excluding hydrogens is 364 g/mol. The fourth-order valence-electron chi connectivity index (χ4n) is 3.62. The number of benzene rings is 1. The molecule has 3 aliphatic rings. The minimum absolute atomic E-state index is 0.161. The average molecular weight is 385 g/mol. The monoisotopic (exact) mass is 385 g/mol. The summed E-state index contributed by atoms with van der Waals surface area (Å²) in [5.41, 5.74) is -0.161. The number of carbonyl (C=O) groups excluding carboxylic acids is 1. The molecule has 1 N–H and O–H groups in total. The molecule has 3 fully saturated rings. The van der Waals surface area contributed by atoms with Crippen LogP contribution in [0.5, 0.6) is 0 Å². The van der Waals surface area contributed by atoms with Gasteiger partial charge in [0.25, 0.3) is 5.91 Å². The largest absolute Gasteiger partial charge is 0.342 e. The Kier molecular flexibility index (Phi) is 4.28. The van der Waals surface area contributed by atoms with Crippen LogP contribution >= 0.6 is 0 Å². The standard InChI is InChI=1S/C18H21F2NO6/c1-17(2)24-11-12(25-17)14-16(27-18(3,4)26-14)23-13(11)15(22)21-10-6-5-8(19)7-9(10)20/h5-7,11-14,16H,1-4H3,(H,21,22)/t11-,12+,13-,14+,16-/m1/s1. The molecule has 3 heterocycles. The molecule has 3 saturated heterocycles. The van der Waals surface area contributed by atoms with Crippen molar-refractivity contribution >= 4 is 11.6 Å². The van der Waals surface area contributed by atoms with Gasteiger partial charge in [-0.05, 0) is 39.8 Å². The van der Waals surface area contributed by atoms with Crippen molar-refractivity contribution in [1.29, 1.82) is 0 Å². The van der Waals surface area contributed by atoms with E-state index >= 15 is 0 Å². The van der Waals surface area contributed by atoms with Crippen LogP contribution < -0.4 is 5.32 Å². The zero-order valence-electron chi connectivity index (χ0n) is 15.3. The highest BCUT2D eigenvalue weighted by atomic mass is 19.1. The van der Waals surface area contributed by atoms with Gasteiger partial charge < -0.3 is 29.0 Å². The quantitative estimate of drug-likeness (QED) is 0.842. The van der Waals surface area contributed by atoms with E-state index in [0.29, 0.717) is 6.07 Å². The van der Waals surface area contributed by atoms with E-state index in [-0.39, 0.29) is 5.69 Å². The van der Waals surface area contributed by atoms with Gasteiger partial charge in [-0.3, -0.25) is 4.79 Å². The average Bonchev–Trinajstić information content (AvgIpc) is 3.03. The summed E-state index contributed by atoms with van der Waals surface area (Å²) in [6.45, 7) is 6.90. The number of amides is 1. The van der Waals surface area contributed by atoms with Crippen molar-refractivity contribution in [2.75, 3.05) is 5.32 Å². The van der Waals surface area contributed by atoms with Crippen LogP contribution in [0.3, 0.4) is 0 Å². The van der Waals surface area contributed by atoms with Gasteiger partial charge in [0, 0.05) is 6.07 Å². The molecule has 3 aliphatic heterocycles. The van der Waals surface area contributed by atoms with Crippen LogP contribution in [-0.4, -0.2) is 48.2 Å². The fraction of sp³-hybridized carbons (Fsp3) is 0.611. The van der Waals surface area contributed by atoms with Crippen LogP contribution in [0.4, 0.5) is 14.5 Å². The summed E-state index contributed by atoms with van der Waals surface area (Å²) in [6.07, 6.45) is -3.91. The summed E-state index contributed by atoms with van der Waals surface area (Å²) in [5, 5.41) is 2.41. The third kappa shape index (κ3) is 3.45. The van der Waals surface area contributed by atoms with Gasteiger partial charge in [0.1, 0.15) is 29.9 Å². The van der Waals surface area contributed by atoms with Gasteiger partial charge in [0.05, 0.1) is 5.69 Å². The van der Waals surface area contributed by atoms with Crippen LogP contribution in [0.15, 0.2) is 18.2 Å². The highest BCUT2D eigenvalue weighted by Gasteiger charge is 2.62. The molecule has 5 atom stereocenters. The molecule has 1 aromatic rings. The van der Waals surface area contributed by atoms with E-state index in [2.05, 4.69) is 5.32 Å². The minimum atomic E-state index is -1.13. The van der Waals surface area contributed by atoms with Crippen LogP contribution in [0.1, 0.15) is 27.7 Å². The molecule has 4 rings (SSSR count). The molecule has 0 radical (unpaired) electrons. The van der Waals surface area contributed by atoms with Crippen molar-refractivity contribution < 1.29 is 37.3 Å². The molecule has 0 unspecified atom stereocenters. The number of nitrogens with one attached hydrogen (secondary N) is 1. The van der Waals surface area contributed by atoms with E-state index in [0.717, 1.165) is 12.1 Å². The maximum atomic E-state index is 13.9. The summed E-state index contributed by atoms with van der Waals surface area (Å²) in [5.74, 6) is -4.15. The molecule has 0 saturated carbocycles. The highest BCUT2D eigenvalue weighted by Crippen LogP contribution is 2.44. The summed E-state index contributed by atoms with van der Waals surface area (Å²) < 4.78 is 56.1. The van der Waals surface area contributed by atoms with Gasteiger partial charge in [-0.2, -0.15) is 0 Å². The molecular formula is C18H21F2NO6. The van der Waals surface area contributed by atoms with Crippen molar-refractivity contribution in [2.45, 2.75) is 70.0 Å². The van der Waals surface area contributed by atoms with E-state index < -0.39 is 59.8 Å². The van der Waals surface area contributed by atoms with Gasteiger partial charge in [0.2, 0.25) is 0 Å². The molecule has 9 heteroatoms. The molecule has 27 heavy (non-hydrogen) atoms. The number of carbonyl (C=O) groups is 1. The lowest BCUT2D eigenvalue weighted by Crippen LogP contribution is -2.58. The minimum Gasteiger partial charge on any atom is -0.342 e. The van der Waals surface area contributed by atoms with Crippen molar-refractivity contribution in [2.24, 2.45) is 0 Å². The Morgan fingerprint density at radius 3 is 2.30 bits per heavy atom. The van der Waals surface area contributed by atoms with E-state index in [4.69, 9.17) is 23.7 Å². The predicted octanol–water partition coefficient (Wildman–Crippen LogP) is 2.30. The fourth-order valence-corrected chi connectivity index (χ4v) is 3.62. The molecule has 7 nitrogen and oxygen atoms in total. The second-order valence-electron chi connectivity index (χ2n) is 7.70. The first-order valence-electron chi connectivity index (χ1n) is 8.67. The van der Waals surface area contributed by atoms with Gasteiger partial charge in [-0.1, -0.05) is 0 Å². The van der Waals surface area contributed by atoms with Crippen LogP contribution in [-0.2, 0) is 28.5 Å². The van der Waals surface area contributed by atoms with Gasteiger partial charge >= 0.3 is 0 Å². The van der Waals surface area contributed by atoms with Gasteiger partial charge in [-0.25, -0.2) is 8.78 Å². The van der Waals surface area contributed by atoms with Crippen molar-refractivity contribution in [3.05, 3.63) is 29.8 Å². The number of ether oxygens (including phenoxy) is 5. The lowest BCUT2D eigenvalue weighted by Gasteiger charge is -2.36.